The van der Waals surface area contributed by atoms with Crippen molar-refractivity contribution in [3.05, 3.63) is 23.5 Å². The Labute approximate surface area is 174 Å². The van der Waals surface area contributed by atoms with E-state index in [9.17, 15) is 24.9 Å². The predicted molar refractivity (Wildman–Crippen MR) is 105 cm³/mol. The minimum atomic E-state index is -1.71. The fraction of sp³-hybridized carbons (Fsp3) is 0.727. The topological polar surface area (TPSA) is 94.8 Å². The van der Waals surface area contributed by atoms with Gasteiger partial charge >= 0.3 is 0 Å². The van der Waals surface area contributed by atoms with Gasteiger partial charge in [0.15, 0.2) is 11.6 Å². The van der Waals surface area contributed by atoms with Crippen LogP contribution >= 0.6 is 11.6 Å². The zero-order valence-electron chi connectivity index (χ0n) is 16.9. The molecule has 3 fully saturated rings. The van der Waals surface area contributed by atoms with Gasteiger partial charge < -0.3 is 15.3 Å². The van der Waals surface area contributed by atoms with E-state index in [1.165, 1.54) is 6.08 Å². The van der Waals surface area contributed by atoms with Crippen LogP contribution in [0.2, 0.25) is 0 Å². The van der Waals surface area contributed by atoms with Gasteiger partial charge in [0.25, 0.3) is 0 Å². The minimum Gasteiger partial charge on any atom is -0.508 e. The summed E-state index contributed by atoms with van der Waals surface area (Å²) in [6.45, 7) is 4.52. The van der Waals surface area contributed by atoms with Crippen molar-refractivity contribution in [1.29, 1.82) is 0 Å². The van der Waals surface area contributed by atoms with Crippen molar-refractivity contribution >= 4 is 23.2 Å². The third-order valence-corrected chi connectivity index (χ3v) is 9.79. The predicted octanol–water partition coefficient (Wildman–Crippen LogP) is 3.03. The molecule has 160 valence electrons. The van der Waals surface area contributed by atoms with E-state index < -0.39 is 57.5 Å². The molecule has 0 amide bonds. The number of aliphatic hydroxyl groups excluding tert-OH is 2. The molecule has 0 bridgehead atoms. The van der Waals surface area contributed by atoms with Crippen LogP contribution < -0.4 is 0 Å². The third-order valence-electron chi connectivity index (χ3n) is 8.94. The monoisotopic (exact) mass is 426 g/mol. The number of Topliss-reactive ketones (excluding diaryl/α,β-unsaturated/α-hetero) is 1. The number of fused-ring (bicyclic) bond motifs is 5. The van der Waals surface area contributed by atoms with Gasteiger partial charge in [-0.1, -0.05) is 13.8 Å². The van der Waals surface area contributed by atoms with Crippen LogP contribution in [-0.2, 0) is 9.59 Å². The summed E-state index contributed by atoms with van der Waals surface area (Å²) in [6, 6.07) is 0. The highest BCUT2D eigenvalue weighted by molar-refractivity contribution is 6.28. The quantitative estimate of drug-likeness (QED) is 0.590. The molecule has 0 aromatic carbocycles. The molecule has 0 aliphatic heterocycles. The van der Waals surface area contributed by atoms with Gasteiger partial charge in [0, 0.05) is 11.5 Å². The van der Waals surface area contributed by atoms with Crippen molar-refractivity contribution < 1.29 is 29.3 Å². The molecule has 4 rings (SSSR count). The molecular formula is C22H28ClFO5. The number of allylic oxidation sites excluding steroid dienone is 3. The zero-order chi connectivity index (χ0) is 21.6. The first-order chi connectivity index (χ1) is 13.4. The van der Waals surface area contributed by atoms with E-state index in [1.54, 1.807) is 13.8 Å². The molecule has 5 nitrogen and oxygen atoms in total. The first-order valence-corrected chi connectivity index (χ1v) is 10.6. The Balaban J connectivity index is 1.84. The Morgan fingerprint density at radius 1 is 1.24 bits per heavy atom. The summed E-state index contributed by atoms with van der Waals surface area (Å²) in [5.41, 5.74) is -3.65. The summed E-state index contributed by atoms with van der Waals surface area (Å²) in [7, 11) is 0. The standard InChI is InChI=1S/C22H28ClFO5/c1-11-6-13-14-9-16(24)15-7-12(26)8-17(27)20(15,3)21(14,23)5-4-19(13,2)22(11,29)18(28)10-25/h7-8,11,13-14,16,25-26,29H,4-6,9-10H2,1-3H3/t11-,13+,14+,16+,19+,20-,21?,22+/m1/s1. The molecule has 0 saturated heterocycles. The van der Waals surface area contributed by atoms with Gasteiger partial charge in [-0.15, -0.1) is 11.6 Å². The van der Waals surface area contributed by atoms with Crippen LogP contribution in [0.3, 0.4) is 0 Å². The van der Waals surface area contributed by atoms with Crippen LogP contribution in [0.25, 0.3) is 0 Å². The van der Waals surface area contributed by atoms with Gasteiger partial charge in [0.2, 0.25) is 0 Å². The normalized spacial score (nSPS) is 51.5. The molecule has 1 unspecified atom stereocenters. The second-order valence-corrected chi connectivity index (χ2v) is 10.5. The number of rotatable bonds is 2. The average molecular weight is 427 g/mol. The summed E-state index contributed by atoms with van der Waals surface area (Å²) in [5.74, 6) is -2.40. The van der Waals surface area contributed by atoms with Crippen LogP contribution in [0.5, 0.6) is 0 Å². The molecule has 29 heavy (non-hydrogen) atoms. The van der Waals surface area contributed by atoms with E-state index in [0.29, 0.717) is 19.3 Å². The van der Waals surface area contributed by atoms with Gasteiger partial charge in [-0.05, 0) is 62.0 Å². The van der Waals surface area contributed by atoms with E-state index in [0.717, 1.165) is 6.08 Å². The van der Waals surface area contributed by atoms with Crippen LogP contribution in [0.1, 0.15) is 46.5 Å². The number of halogens is 2. The Morgan fingerprint density at radius 2 is 1.90 bits per heavy atom. The molecule has 0 aromatic heterocycles. The first kappa shape index (κ1) is 21.0. The summed E-state index contributed by atoms with van der Waals surface area (Å²) < 4.78 is 15.4. The fourth-order valence-electron chi connectivity index (χ4n) is 7.24. The van der Waals surface area contributed by atoms with Crippen molar-refractivity contribution in [3.8, 4) is 0 Å². The minimum absolute atomic E-state index is 0.0713. The first-order valence-electron chi connectivity index (χ1n) is 10.2. The number of carbonyl (C=O) groups is 2. The summed E-state index contributed by atoms with van der Waals surface area (Å²) in [6.07, 6.45) is 2.23. The third kappa shape index (κ3) is 2.23. The highest BCUT2D eigenvalue weighted by Crippen LogP contribution is 2.71. The van der Waals surface area contributed by atoms with Crippen LogP contribution in [0.15, 0.2) is 23.5 Å². The SMILES string of the molecule is C[C@@H]1C[C@H]2[C@@H]3C[C@H](F)C4=CC(O)=CC(=O)[C@]4(C)C3(Cl)CC[C@]2(C)[C@@]1(O)C(=O)CO. The van der Waals surface area contributed by atoms with E-state index in [-0.39, 0.29) is 23.7 Å². The number of hydrogen-bond donors (Lipinski definition) is 3. The van der Waals surface area contributed by atoms with Gasteiger partial charge in [-0.3, -0.25) is 9.59 Å². The molecule has 4 aliphatic carbocycles. The van der Waals surface area contributed by atoms with Crippen molar-refractivity contribution in [1.82, 2.24) is 0 Å². The molecule has 0 spiro atoms. The molecule has 0 radical (unpaired) electrons. The van der Waals surface area contributed by atoms with Crippen LogP contribution in [0.4, 0.5) is 4.39 Å². The number of ketones is 2. The summed E-state index contributed by atoms with van der Waals surface area (Å²) in [4.78, 5) is 24.5. The smallest absolute Gasteiger partial charge is 0.190 e. The second-order valence-electron chi connectivity index (χ2n) is 9.84. The highest BCUT2D eigenvalue weighted by Gasteiger charge is 2.74. The van der Waals surface area contributed by atoms with Crippen LogP contribution in [0, 0.1) is 28.6 Å². The molecule has 0 heterocycles. The average Bonchev–Trinajstić information content (AvgIpc) is 2.87. The zero-order valence-corrected chi connectivity index (χ0v) is 17.7. The lowest BCUT2D eigenvalue weighted by molar-refractivity contribution is -0.170. The Morgan fingerprint density at radius 3 is 2.52 bits per heavy atom. The maximum atomic E-state index is 15.4. The molecule has 3 saturated carbocycles. The maximum absolute atomic E-state index is 15.4. The maximum Gasteiger partial charge on any atom is 0.190 e. The molecule has 8 atom stereocenters. The van der Waals surface area contributed by atoms with Crippen molar-refractivity contribution in [2.75, 3.05) is 6.61 Å². The molecule has 3 N–H and O–H groups in total. The van der Waals surface area contributed by atoms with Crippen molar-refractivity contribution in [3.63, 3.8) is 0 Å². The summed E-state index contributed by atoms with van der Waals surface area (Å²) in [5, 5.41) is 30.8. The lowest BCUT2D eigenvalue weighted by atomic mass is 9.45. The van der Waals surface area contributed by atoms with Gasteiger partial charge in [0.1, 0.15) is 24.1 Å². The number of alkyl halides is 2. The van der Waals surface area contributed by atoms with Gasteiger partial charge in [0.05, 0.1) is 10.3 Å². The second kappa shape index (κ2) is 6.14. The van der Waals surface area contributed by atoms with E-state index in [4.69, 9.17) is 11.6 Å². The number of aliphatic hydroxyl groups is 3. The Bertz CT molecular complexity index is 854. The van der Waals surface area contributed by atoms with Crippen LogP contribution in [-0.4, -0.2) is 50.1 Å². The van der Waals surface area contributed by atoms with Crippen molar-refractivity contribution in [2.45, 2.75) is 63.1 Å². The fourth-order valence-corrected chi connectivity index (χ4v) is 7.78. The lowest BCUT2D eigenvalue weighted by Crippen LogP contribution is -2.66. The summed E-state index contributed by atoms with van der Waals surface area (Å²) >= 11 is 7.23. The number of hydrogen-bond acceptors (Lipinski definition) is 5. The Hall–Kier alpha value is -1.24. The molecule has 7 heteroatoms. The van der Waals surface area contributed by atoms with E-state index >= 15 is 4.39 Å². The van der Waals surface area contributed by atoms with Crippen molar-refractivity contribution in [2.24, 2.45) is 28.6 Å². The van der Waals surface area contributed by atoms with E-state index in [2.05, 4.69) is 0 Å². The van der Waals surface area contributed by atoms with Gasteiger partial charge in [-0.2, -0.15) is 0 Å². The highest BCUT2D eigenvalue weighted by atomic mass is 35.5. The largest absolute Gasteiger partial charge is 0.508 e. The Kier molecular flexibility index (Phi) is 4.45. The number of carbonyl (C=O) groups excluding carboxylic acids is 2. The lowest BCUT2D eigenvalue weighted by Gasteiger charge is -2.62. The molecular weight excluding hydrogens is 399 g/mol. The molecule has 4 aliphatic rings. The van der Waals surface area contributed by atoms with Gasteiger partial charge in [-0.25, -0.2) is 4.39 Å². The molecule has 0 aromatic rings. The van der Waals surface area contributed by atoms with E-state index in [1.807, 2.05) is 6.92 Å².